The second kappa shape index (κ2) is 6.96. The fourth-order valence-electron chi connectivity index (χ4n) is 1.65. The average molecular weight is 386 g/mol. The summed E-state index contributed by atoms with van der Waals surface area (Å²) >= 11 is 6.88. The molecule has 0 spiro atoms. The molecule has 2 rings (SSSR count). The quantitative estimate of drug-likeness (QED) is 0.679. The summed E-state index contributed by atoms with van der Waals surface area (Å²) in [6, 6.07) is 13.9. The number of methoxy groups -OCH3 is 1. The highest BCUT2D eigenvalue weighted by Gasteiger charge is 2.05. The topological polar surface area (TPSA) is 18.5 Å². The zero-order chi connectivity index (χ0) is 13.7. The minimum atomic E-state index is 0.542. The van der Waals surface area contributed by atoms with E-state index in [1.807, 2.05) is 42.5 Å². The summed E-state index contributed by atoms with van der Waals surface area (Å²) in [5, 5.41) is 0.757. The van der Waals surface area contributed by atoms with Crippen molar-refractivity contribution in [2.75, 3.05) is 7.11 Å². The predicted molar refractivity (Wildman–Crippen MR) is 84.1 cm³/mol. The van der Waals surface area contributed by atoms with E-state index in [1.54, 1.807) is 7.11 Å². The van der Waals surface area contributed by atoms with E-state index >= 15 is 0 Å². The number of alkyl halides is 1. The summed E-state index contributed by atoms with van der Waals surface area (Å²) < 4.78 is 12.2. The van der Waals surface area contributed by atoms with E-state index in [0.29, 0.717) is 6.61 Å². The van der Waals surface area contributed by atoms with E-state index in [-0.39, 0.29) is 0 Å². The van der Waals surface area contributed by atoms with Gasteiger partial charge in [-0.3, -0.25) is 0 Å². The third kappa shape index (κ3) is 3.98. The minimum absolute atomic E-state index is 0.542. The van der Waals surface area contributed by atoms with Gasteiger partial charge >= 0.3 is 0 Å². The van der Waals surface area contributed by atoms with Crippen molar-refractivity contribution in [3.8, 4) is 11.5 Å². The molecule has 0 aliphatic heterocycles. The monoisotopic (exact) mass is 384 g/mol. The van der Waals surface area contributed by atoms with Crippen LogP contribution >= 0.6 is 31.9 Å². The van der Waals surface area contributed by atoms with Crippen molar-refractivity contribution >= 4 is 31.9 Å². The van der Waals surface area contributed by atoms with Crippen LogP contribution < -0.4 is 9.47 Å². The Hall–Kier alpha value is -1.00. The van der Waals surface area contributed by atoms with Crippen LogP contribution in [0.25, 0.3) is 0 Å². The zero-order valence-corrected chi connectivity index (χ0v) is 13.7. The summed E-state index contributed by atoms with van der Waals surface area (Å²) in [5.74, 6) is 1.65. The third-order valence-electron chi connectivity index (χ3n) is 2.73. The summed E-state index contributed by atoms with van der Waals surface area (Å²) in [6.45, 7) is 0.542. The Balaban J connectivity index is 2.11. The molecule has 0 fully saturated rings. The molecule has 0 aliphatic rings. The van der Waals surface area contributed by atoms with Gasteiger partial charge in [0, 0.05) is 21.4 Å². The molecule has 0 N–H and O–H groups in total. The number of hydrogen-bond acceptors (Lipinski definition) is 2. The van der Waals surface area contributed by atoms with Crippen molar-refractivity contribution in [1.82, 2.24) is 0 Å². The molecular weight excluding hydrogens is 372 g/mol. The first-order valence-corrected chi connectivity index (χ1v) is 7.74. The molecule has 0 unspecified atom stereocenters. The molecule has 4 heteroatoms. The van der Waals surface area contributed by atoms with Gasteiger partial charge in [0.05, 0.1) is 7.11 Å². The minimum Gasteiger partial charge on any atom is -0.497 e. The van der Waals surface area contributed by atoms with Crippen molar-refractivity contribution < 1.29 is 9.47 Å². The van der Waals surface area contributed by atoms with Crippen LogP contribution in [-0.4, -0.2) is 7.11 Å². The van der Waals surface area contributed by atoms with Gasteiger partial charge in [-0.05, 0) is 23.8 Å². The molecule has 0 amide bonds. The fourth-order valence-corrected chi connectivity index (χ4v) is 2.38. The van der Waals surface area contributed by atoms with Crippen LogP contribution in [0.15, 0.2) is 46.9 Å². The van der Waals surface area contributed by atoms with Gasteiger partial charge in [0.15, 0.2) is 0 Å². The van der Waals surface area contributed by atoms with Crippen molar-refractivity contribution in [3.63, 3.8) is 0 Å². The number of halogens is 2. The lowest BCUT2D eigenvalue weighted by atomic mass is 10.2. The van der Waals surface area contributed by atoms with E-state index in [4.69, 9.17) is 9.47 Å². The lowest BCUT2D eigenvalue weighted by Crippen LogP contribution is -1.98. The predicted octanol–water partition coefficient (Wildman–Crippen LogP) is 4.93. The molecule has 2 aromatic rings. The van der Waals surface area contributed by atoms with E-state index < -0.39 is 0 Å². The molecule has 0 atom stereocenters. The average Bonchev–Trinajstić information content (AvgIpc) is 2.46. The van der Waals surface area contributed by atoms with Gasteiger partial charge in [-0.15, -0.1) is 0 Å². The summed E-state index contributed by atoms with van der Waals surface area (Å²) in [5.41, 5.74) is 2.24. The van der Waals surface area contributed by atoms with Gasteiger partial charge in [-0.2, -0.15) is 0 Å². The lowest BCUT2D eigenvalue weighted by molar-refractivity contribution is 0.301. The van der Waals surface area contributed by atoms with Gasteiger partial charge in [0.1, 0.15) is 18.1 Å². The van der Waals surface area contributed by atoms with Gasteiger partial charge in [0.25, 0.3) is 0 Å². The second-order valence-corrected chi connectivity index (χ2v) is 5.50. The van der Waals surface area contributed by atoms with Crippen LogP contribution in [0.2, 0.25) is 0 Å². The lowest BCUT2D eigenvalue weighted by Gasteiger charge is -2.11. The summed E-state index contributed by atoms with van der Waals surface area (Å²) in [4.78, 5) is 0. The van der Waals surface area contributed by atoms with Crippen LogP contribution in [0.5, 0.6) is 11.5 Å². The molecule has 2 nitrogen and oxygen atoms in total. The van der Waals surface area contributed by atoms with Crippen molar-refractivity contribution in [2.45, 2.75) is 11.9 Å². The normalized spacial score (nSPS) is 10.3. The second-order valence-electron chi connectivity index (χ2n) is 4.02. The molecule has 0 bridgehead atoms. The van der Waals surface area contributed by atoms with Gasteiger partial charge in [0.2, 0.25) is 0 Å². The van der Waals surface area contributed by atoms with Gasteiger partial charge in [-0.1, -0.05) is 50.1 Å². The van der Waals surface area contributed by atoms with Crippen LogP contribution in [0, 0.1) is 0 Å². The van der Waals surface area contributed by atoms with Crippen LogP contribution in [0.3, 0.4) is 0 Å². The highest BCUT2D eigenvalue weighted by Crippen LogP contribution is 2.27. The van der Waals surface area contributed by atoms with Gasteiger partial charge < -0.3 is 9.47 Å². The Bertz CT molecular complexity index is 538. The standard InChI is InChI=1S/C15H14Br2O2/c1-18-14-7-4-12(9-16)15(8-14)19-10-11-2-5-13(17)6-3-11/h2-8H,9-10H2,1H3. The molecule has 0 heterocycles. The first-order chi connectivity index (χ1) is 9.22. The molecule has 0 aliphatic carbocycles. The molecule has 0 saturated carbocycles. The molecule has 0 radical (unpaired) electrons. The highest BCUT2D eigenvalue weighted by atomic mass is 79.9. The summed E-state index contributed by atoms with van der Waals surface area (Å²) in [7, 11) is 1.65. The number of ether oxygens (including phenoxy) is 2. The maximum absolute atomic E-state index is 5.87. The SMILES string of the molecule is COc1ccc(CBr)c(OCc2ccc(Br)cc2)c1. The Kier molecular flexibility index (Phi) is 5.28. The summed E-state index contributed by atoms with van der Waals surface area (Å²) in [6.07, 6.45) is 0. The van der Waals surface area contributed by atoms with Crippen LogP contribution in [0.4, 0.5) is 0 Å². The maximum atomic E-state index is 5.87. The van der Waals surface area contributed by atoms with E-state index in [9.17, 15) is 0 Å². The number of benzene rings is 2. The van der Waals surface area contributed by atoms with E-state index in [2.05, 4.69) is 31.9 Å². The Morgan fingerprint density at radius 2 is 1.79 bits per heavy atom. The molecule has 0 aromatic heterocycles. The van der Waals surface area contributed by atoms with E-state index in [0.717, 1.165) is 32.4 Å². The highest BCUT2D eigenvalue weighted by molar-refractivity contribution is 9.10. The fraction of sp³-hybridized carbons (Fsp3) is 0.200. The first kappa shape index (κ1) is 14.4. The molecule has 19 heavy (non-hydrogen) atoms. The maximum Gasteiger partial charge on any atom is 0.127 e. The first-order valence-electron chi connectivity index (χ1n) is 5.83. The largest absolute Gasteiger partial charge is 0.497 e. The Morgan fingerprint density at radius 3 is 2.42 bits per heavy atom. The Labute approximate surface area is 130 Å². The number of rotatable bonds is 5. The van der Waals surface area contributed by atoms with Crippen LogP contribution in [0.1, 0.15) is 11.1 Å². The zero-order valence-electron chi connectivity index (χ0n) is 10.5. The molecule has 100 valence electrons. The molecule has 0 saturated heterocycles. The Morgan fingerprint density at radius 1 is 1.05 bits per heavy atom. The van der Waals surface area contributed by atoms with Crippen molar-refractivity contribution in [2.24, 2.45) is 0 Å². The smallest absolute Gasteiger partial charge is 0.127 e. The third-order valence-corrected chi connectivity index (χ3v) is 3.86. The molecule has 2 aromatic carbocycles. The van der Waals surface area contributed by atoms with Crippen LogP contribution in [-0.2, 0) is 11.9 Å². The van der Waals surface area contributed by atoms with Gasteiger partial charge in [-0.25, -0.2) is 0 Å². The number of hydrogen-bond donors (Lipinski definition) is 0. The van der Waals surface area contributed by atoms with Crippen molar-refractivity contribution in [1.29, 1.82) is 0 Å². The molecular formula is C15H14Br2O2. The van der Waals surface area contributed by atoms with E-state index in [1.165, 1.54) is 0 Å². The van der Waals surface area contributed by atoms with Crippen molar-refractivity contribution in [3.05, 3.63) is 58.1 Å².